The first-order valence-corrected chi connectivity index (χ1v) is 6.12. The minimum Gasteiger partial charge on any atom is -0.478 e. The minimum absolute atomic E-state index is 0.313. The Morgan fingerprint density at radius 3 is 2.79 bits per heavy atom. The number of rotatable bonds is 5. The Hall–Kier alpha value is -2.30. The molecule has 0 aliphatic heterocycles. The zero-order valence-electron chi connectivity index (χ0n) is 11.1. The number of benzene rings is 1. The lowest BCUT2D eigenvalue weighted by atomic mass is 10.1. The van der Waals surface area contributed by atoms with Gasteiger partial charge in [-0.05, 0) is 36.8 Å². The highest BCUT2D eigenvalue weighted by molar-refractivity contribution is 5.88. The number of carboxylic acids is 1. The molecule has 0 saturated carbocycles. The third kappa shape index (κ3) is 3.34. The molecule has 1 heterocycles. The fourth-order valence-electron chi connectivity index (χ4n) is 1.92. The molecule has 2 rings (SSSR count). The maximum absolute atomic E-state index is 10.8. The van der Waals surface area contributed by atoms with Crippen molar-refractivity contribution in [2.24, 2.45) is 7.05 Å². The predicted molar refractivity (Wildman–Crippen MR) is 73.5 cm³/mol. The van der Waals surface area contributed by atoms with E-state index in [1.54, 1.807) is 22.9 Å². The lowest BCUT2D eigenvalue weighted by Gasteiger charge is -2.09. The molecule has 0 fully saturated rings. The number of nitrogens with zero attached hydrogens (tertiary/aromatic N) is 2. The van der Waals surface area contributed by atoms with E-state index in [0.29, 0.717) is 5.56 Å². The van der Waals surface area contributed by atoms with Crippen LogP contribution in [0.2, 0.25) is 0 Å². The topological polar surface area (TPSA) is 67.2 Å². The maximum atomic E-state index is 10.8. The number of aryl methyl sites for hydroxylation is 2. The first-order chi connectivity index (χ1) is 9.06. The zero-order valence-corrected chi connectivity index (χ0v) is 11.1. The molecule has 5 nitrogen and oxygen atoms in total. The Morgan fingerprint density at radius 1 is 1.42 bits per heavy atom. The number of hydrogen-bond acceptors (Lipinski definition) is 3. The molecule has 0 spiro atoms. The molecule has 5 heteroatoms. The van der Waals surface area contributed by atoms with Crippen LogP contribution in [0.25, 0.3) is 0 Å². The second-order valence-electron chi connectivity index (χ2n) is 4.49. The number of nitrogens with one attached hydrogen (secondary N) is 1. The molecule has 0 bridgehead atoms. The van der Waals surface area contributed by atoms with Gasteiger partial charge in [0.2, 0.25) is 0 Å². The smallest absolute Gasteiger partial charge is 0.335 e. The third-order valence-electron chi connectivity index (χ3n) is 2.94. The number of carbonyl (C=O) groups is 1. The van der Waals surface area contributed by atoms with Gasteiger partial charge in [0.05, 0.1) is 11.3 Å². The number of aromatic carboxylic acids is 1. The van der Waals surface area contributed by atoms with Gasteiger partial charge < -0.3 is 10.4 Å². The Balaban J connectivity index is 1.94. The molecular weight excluding hydrogens is 242 g/mol. The van der Waals surface area contributed by atoms with E-state index in [-0.39, 0.29) is 0 Å². The van der Waals surface area contributed by atoms with Crippen LogP contribution in [0.3, 0.4) is 0 Å². The van der Waals surface area contributed by atoms with Crippen LogP contribution in [0, 0.1) is 6.92 Å². The number of hydrogen-bond donors (Lipinski definition) is 2. The van der Waals surface area contributed by atoms with Crippen molar-refractivity contribution >= 4 is 11.7 Å². The quantitative estimate of drug-likeness (QED) is 0.862. The van der Waals surface area contributed by atoms with E-state index < -0.39 is 5.97 Å². The monoisotopic (exact) mass is 259 g/mol. The molecule has 0 radical (unpaired) electrons. The van der Waals surface area contributed by atoms with Crippen LogP contribution in [0.15, 0.2) is 30.5 Å². The highest BCUT2D eigenvalue weighted by Gasteiger charge is 2.05. The van der Waals surface area contributed by atoms with Crippen molar-refractivity contribution in [3.63, 3.8) is 0 Å². The highest BCUT2D eigenvalue weighted by atomic mass is 16.4. The van der Waals surface area contributed by atoms with Crippen molar-refractivity contribution in [3.05, 3.63) is 47.3 Å². The zero-order chi connectivity index (χ0) is 13.8. The first kappa shape index (κ1) is 13.1. The third-order valence-corrected chi connectivity index (χ3v) is 2.94. The van der Waals surface area contributed by atoms with Crippen molar-refractivity contribution in [1.82, 2.24) is 9.78 Å². The van der Waals surface area contributed by atoms with Gasteiger partial charge in [-0.3, -0.25) is 4.68 Å². The molecule has 19 heavy (non-hydrogen) atoms. The summed E-state index contributed by atoms with van der Waals surface area (Å²) < 4.78 is 1.78. The average molecular weight is 259 g/mol. The largest absolute Gasteiger partial charge is 0.478 e. The normalized spacial score (nSPS) is 10.4. The van der Waals surface area contributed by atoms with Crippen molar-refractivity contribution in [3.8, 4) is 0 Å². The summed E-state index contributed by atoms with van der Waals surface area (Å²) in [6, 6.07) is 7.07. The van der Waals surface area contributed by atoms with Crippen LogP contribution in [0.1, 0.15) is 21.6 Å². The lowest BCUT2D eigenvalue weighted by Crippen LogP contribution is -2.07. The van der Waals surface area contributed by atoms with Crippen LogP contribution >= 0.6 is 0 Å². The van der Waals surface area contributed by atoms with E-state index >= 15 is 0 Å². The van der Waals surface area contributed by atoms with E-state index in [1.807, 2.05) is 26.2 Å². The van der Waals surface area contributed by atoms with Crippen molar-refractivity contribution in [2.45, 2.75) is 13.3 Å². The minimum atomic E-state index is -0.900. The Bertz CT molecular complexity index is 590. The summed E-state index contributed by atoms with van der Waals surface area (Å²) in [6.45, 7) is 2.67. The number of aromatic nitrogens is 2. The molecule has 0 aliphatic carbocycles. The molecule has 0 saturated heterocycles. The predicted octanol–water partition coefficient (Wildman–Crippen LogP) is 2.08. The summed E-state index contributed by atoms with van der Waals surface area (Å²) in [4.78, 5) is 10.8. The van der Waals surface area contributed by atoms with Gasteiger partial charge in [0.15, 0.2) is 0 Å². The molecule has 1 aromatic heterocycles. The molecular formula is C14H17N3O2. The summed E-state index contributed by atoms with van der Waals surface area (Å²) in [7, 11) is 1.89. The summed E-state index contributed by atoms with van der Waals surface area (Å²) in [5.74, 6) is -0.900. The number of carboxylic acid groups (broad SMARTS) is 1. The van der Waals surface area contributed by atoms with Crippen molar-refractivity contribution in [2.75, 3.05) is 11.9 Å². The van der Waals surface area contributed by atoms with Gasteiger partial charge in [0.1, 0.15) is 0 Å². The van der Waals surface area contributed by atoms with Crippen LogP contribution in [0.4, 0.5) is 5.69 Å². The fraction of sp³-hybridized carbons (Fsp3) is 0.286. The summed E-state index contributed by atoms with van der Waals surface area (Å²) in [6.07, 6.45) is 2.75. The molecule has 2 aromatic rings. The van der Waals surface area contributed by atoms with Crippen LogP contribution in [-0.4, -0.2) is 27.4 Å². The second-order valence-corrected chi connectivity index (χ2v) is 4.49. The van der Waals surface area contributed by atoms with Gasteiger partial charge in [0, 0.05) is 31.9 Å². The van der Waals surface area contributed by atoms with E-state index in [0.717, 1.165) is 29.9 Å². The van der Waals surface area contributed by atoms with Gasteiger partial charge in [-0.2, -0.15) is 5.10 Å². The second kappa shape index (κ2) is 5.56. The Labute approximate surface area is 111 Å². The first-order valence-electron chi connectivity index (χ1n) is 6.12. The number of anilines is 1. The molecule has 0 aliphatic rings. The summed E-state index contributed by atoms with van der Waals surface area (Å²) >= 11 is 0. The Kier molecular flexibility index (Phi) is 3.85. The molecule has 100 valence electrons. The summed E-state index contributed by atoms with van der Waals surface area (Å²) in [5.41, 5.74) is 3.24. The standard InChI is InChI=1S/C14H17N3O2/c1-10-9-11(14(18)19)3-4-13(10)15-7-5-12-6-8-17(2)16-12/h3-4,6,8-9,15H,5,7H2,1-2H3,(H,18,19). The highest BCUT2D eigenvalue weighted by Crippen LogP contribution is 2.16. The molecule has 0 amide bonds. The van der Waals surface area contributed by atoms with Gasteiger partial charge >= 0.3 is 5.97 Å². The molecule has 0 atom stereocenters. The van der Waals surface area contributed by atoms with Crippen LogP contribution in [0.5, 0.6) is 0 Å². The average Bonchev–Trinajstić information content (AvgIpc) is 2.77. The Morgan fingerprint density at radius 2 is 2.21 bits per heavy atom. The SMILES string of the molecule is Cc1cc(C(=O)O)ccc1NCCc1ccn(C)n1. The maximum Gasteiger partial charge on any atom is 0.335 e. The molecule has 1 aromatic carbocycles. The van der Waals surface area contributed by atoms with E-state index in [1.165, 1.54) is 0 Å². The van der Waals surface area contributed by atoms with Gasteiger partial charge in [0.25, 0.3) is 0 Å². The molecule has 0 unspecified atom stereocenters. The van der Waals surface area contributed by atoms with E-state index in [4.69, 9.17) is 5.11 Å². The van der Waals surface area contributed by atoms with Gasteiger partial charge in [-0.15, -0.1) is 0 Å². The van der Waals surface area contributed by atoms with Crippen molar-refractivity contribution in [1.29, 1.82) is 0 Å². The van der Waals surface area contributed by atoms with E-state index in [9.17, 15) is 4.79 Å². The van der Waals surface area contributed by atoms with Crippen molar-refractivity contribution < 1.29 is 9.90 Å². The van der Waals surface area contributed by atoms with E-state index in [2.05, 4.69) is 10.4 Å². The lowest BCUT2D eigenvalue weighted by molar-refractivity contribution is 0.0697. The molecule has 2 N–H and O–H groups in total. The fourth-order valence-corrected chi connectivity index (χ4v) is 1.92. The van der Waals surface area contributed by atoms with Crippen LogP contribution < -0.4 is 5.32 Å². The van der Waals surface area contributed by atoms with Gasteiger partial charge in [-0.1, -0.05) is 0 Å². The van der Waals surface area contributed by atoms with Gasteiger partial charge in [-0.25, -0.2) is 4.79 Å². The van der Waals surface area contributed by atoms with Crippen LogP contribution in [-0.2, 0) is 13.5 Å². The summed E-state index contributed by atoms with van der Waals surface area (Å²) in [5, 5.41) is 16.5.